The molecule has 3 heteroatoms. The number of rotatable bonds is 7. The molecule has 0 amide bonds. The van der Waals surface area contributed by atoms with E-state index in [1.54, 1.807) is 0 Å². The highest BCUT2D eigenvalue weighted by Crippen LogP contribution is 2.31. The molecule has 0 saturated heterocycles. The summed E-state index contributed by atoms with van der Waals surface area (Å²) >= 11 is 6.16. The van der Waals surface area contributed by atoms with Crippen LogP contribution in [-0.4, -0.2) is 13.6 Å². The number of benzene rings is 2. The molecule has 0 aliphatic heterocycles. The number of hydrogen-bond donors (Lipinski definition) is 1. The van der Waals surface area contributed by atoms with Gasteiger partial charge in [0, 0.05) is 29.5 Å². The summed E-state index contributed by atoms with van der Waals surface area (Å²) in [4.78, 5) is 2.38. The second kappa shape index (κ2) is 8.06. The van der Waals surface area contributed by atoms with Gasteiger partial charge in [-0.1, -0.05) is 43.1 Å². The maximum Gasteiger partial charge on any atom is 0.0457 e. The maximum absolute atomic E-state index is 6.16. The molecule has 112 valence electrons. The Kier molecular flexibility index (Phi) is 6.09. The predicted molar refractivity (Wildman–Crippen MR) is 92.6 cm³/mol. The largest absolute Gasteiger partial charge is 0.341 e. The van der Waals surface area contributed by atoms with Crippen LogP contribution in [0.5, 0.6) is 0 Å². The zero-order chi connectivity index (χ0) is 15.1. The molecule has 0 heterocycles. The summed E-state index contributed by atoms with van der Waals surface area (Å²) in [6.45, 7) is 4.05. The summed E-state index contributed by atoms with van der Waals surface area (Å²) in [6, 6.07) is 16.7. The first kappa shape index (κ1) is 15.9. The van der Waals surface area contributed by atoms with Crippen molar-refractivity contribution in [1.29, 1.82) is 0 Å². The van der Waals surface area contributed by atoms with E-state index in [4.69, 9.17) is 11.6 Å². The topological polar surface area (TPSA) is 15.3 Å². The minimum Gasteiger partial charge on any atom is -0.341 e. The Morgan fingerprint density at radius 2 is 1.86 bits per heavy atom. The van der Waals surface area contributed by atoms with Gasteiger partial charge < -0.3 is 10.2 Å². The predicted octanol–water partition coefficient (Wildman–Crippen LogP) is 5.00. The molecule has 0 aliphatic carbocycles. The van der Waals surface area contributed by atoms with E-state index < -0.39 is 0 Å². The molecule has 0 aromatic heterocycles. The SMILES string of the molecule is CCCCN(c1ccccc1)c1ccc(Cl)cc1CNC. The van der Waals surface area contributed by atoms with Crippen molar-refractivity contribution < 1.29 is 0 Å². The molecule has 21 heavy (non-hydrogen) atoms. The molecule has 2 aromatic carbocycles. The monoisotopic (exact) mass is 302 g/mol. The lowest BCUT2D eigenvalue weighted by atomic mass is 10.1. The molecule has 1 N–H and O–H groups in total. The van der Waals surface area contributed by atoms with Gasteiger partial charge in [0.2, 0.25) is 0 Å². The molecule has 0 saturated carbocycles. The van der Waals surface area contributed by atoms with Crippen molar-refractivity contribution in [3.8, 4) is 0 Å². The Hall–Kier alpha value is -1.51. The highest BCUT2D eigenvalue weighted by atomic mass is 35.5. The van der Waals surface area contributed by atoms with Crippen LogP contribution < -0.4 is 10.2 Å². The minimum atomic E-state index is 0.785. The fraction of sp³-hybridized carbons (Fsp3) is 0.333. The van der Waals surface area contributed by atoms with Crippen molar-refractivity contribution in [2.24, 2.45) is 0 Å². The lowest BCUT2D eigenvalue weighted by Crippen LogP contribution is -2.21. The molecule has 2 nitrogen and oxygen atoms in total. The van der Waals surface area contributed by atoms with E-state index in [2.05, 4.69) is 59.6 Å². The van der Waals surface area contributed by atoms with Crippen molar-refractivity contribution in [1.82, 2.24) is 5.32 Å². The number of hydrogen-bond acceptors (Lipinski definition) is 2. The highest BCUT2D eigenvalue weighted by Gasteiger charge is 2.13. The first-order chi connectivity index (χ1) is 10.3. The number of anilines is 2. The molecular weight excluding hydrogens is 280 g/mol. The van der Waals surface area contributed by atoms with Crippen LogP contribution in [-0.2, 0) is 6.54 Å². The van der Waals surface area contributed by atoms with Crippen LogP contribution in [0.2, 0.25) is 5.02 Å². The Morgan fingerprint density at radius 3 is 2.52 bits per heavy atom. The summed E-state index contributed by atoms with van der Waals surface area (Å²) in [5.41, 5.74) is 3.68. The third-order valence-electron chi connectivity index (χ3n) is 3.50. The smallest absolute Gasteiger partial charge is 0.0457 e. The van der Waals surface area contributed by atoms with Gasteiger partial charge in [-0.2, -0.15) is 0 Å². The number of unbranched alkanes of at least 4 members (excludes halogenated alkanes) is 1. The molecule has 0 bridgehead atoms. The second-order valence-electron chi connectivity index (χ2n) is 5.14. The number of nitrogens with one attached hydrogen (secondary N) is 1. The van der Waals surface area contributed by atoms with Crippen LogP contribution in [0.1, 0.15) is 25.3 Å². The molecular formula is C18H23ClN2. The van der Waals surface area contributed by atoms with Gasteiger partial charge in [0.05, 0.1) is 0 Å². The Bertz CT molecular complexity index is 554. The zero-order valence-corrected chi connectivity index (χ0v) is 13.5. The summed E-state index contributed by atoms with van der Waals surface area (Å²) in [5, 5.41) is 4.01. The van der Waals surface area contributed by atoms with Gasteiger partial charge in [0.25, 0.3) is 0 Å². The normalized spacial score (nSPS) is 10.6. The van der Waals surface area contributed by atoms with Crippen LogP contribution in [0.15, 0.2) is 48.5 Å². The first-order valence-electron chi connectivity index (χ1n) is 7.52. The van der Waals surface area contributed by atoms with Crippen molar-refractivity contribution in [2.45, 2.75) is 26.3 Å². The van der Waals surface area contributed by atoms with Crippen LogP contribution in [0, 0.1) is 0 Å². The Labute approximate surface area is 132 Å². The molecule has 0 unspecified atom stereocenters. The van der Waals surface area contributed by atoms with E-state index in [9.17, 15) is 0 Å². The van der Waals surface area contributed by atoms with Crippen LogP contribution in [0.25, 0.3) is 0 Å². The first-order valence-corrected chi connectivity index (χ1v) is 7.89. The maximum atomic E-state index is 6.16. The van der Waals surface area contributed by atoms with Gasteiger partial charge in [0.15, 0.2) is 0 Å². The van der Waals surface area contributed by atoms with E-state index in [1.807, 2.05) is 13.1 Å². The van der Waals surface area contributed by atoms with Crippen molar-refractivity contribution >= 4 is 23.0 Å². The minimum absolute atomic E-state index is 0.785. The molecule has 0 aliphatic rings. The molecule has 0 fully saturated rings. The summed E-state index contributed by atoms with van der Waals surface area (Å²) in [6.07, 6.45) is 2.34. The van der Waals surface area contributed by atoms with Gasteiger partial charge in [-0.25, -0.2) is 0 Å². The molecule has 2 aromatic rings. The lowest BCUT2D eigenvalue weighted by molar-refractivity contribution is 0.772. The zero-order valence-electron chi connectivity index (χ0n) is 12.8. The number of nitrogens with zero attached hydrogens (tertiary/aromatic N) is 1. The fourth-order valence-corrected chi connectivity index (χ4v) is 2.66. The Morgan fingerprint density at radius 1 is 1.10 bits per heavy atom. The van der Waals surface area contributed by atoms with E-state index in [-0.39, 0.29) is 0 Å². The average Bonchev–Trinajstić information content (AvgIpc) is 2.51. The summed E-state index contributed by atoms with van der Waals surface area (Å²) < 4.78 is 0. The fourth-order valence-electron chi connectivity index (χ4n) is 2.46. The standard InChI is InChI=1S/C18H23ClN2/c1-3-4-12-21(17-8-6-5-7-9-17)18-11-10-16(19)13-15(18)14-20-2/h5-11,13,20H,3-4,12,14H2,1-2H3. The van der Waals surface area contributed by atoms with E-state index >= 15 is 0 Å². The molecule has 0 spiro atoms. The van der Waals surface area contributed by atoms with Gasteiger partial charge >= 0.3 is 0 Å². The third kappa shape index (κ3) is 4.23. The number of halogens is 1. The lowest BCUT2D eigenvalue weighted by Gasteiger charge is -2.27. The molecule has 2 rings (SSSR count). The van der Waals surface area contributed by atoms with Crippen molar-refractivity contribution in [3.63, 3.8) is 0 Å². The van der Waals surface area contributed by atoms with E-state index in [0.29, 0.717) is 0 Å². The average molecular weight is 303 g/mol. The summed E-state index contributed by atoms with van der Waals surface area (Å²) in [7, 11) is 1.96. The van der Waals surface area contributed by atoms with Gasteiger partial charge in [0.1, 0.15) is 0 Å². The van der Waals surface area contributed by atoms with Crippen LogP contribution in [0.3, 0.4) is 0 Å². The van der Waals surface area contributed by atoms with Crippen LogP contribution in [0.4, 0.5) is 11.4 Å². The van der Waals surface area contributed by atoms with Crippen LogP contribution >= 0.6 is 11.6 Å². The van der Waals surface area contributed by atoms with E-state index in [0.717, 1.165) is 24.5 Å². The third-order valence-corrected chi connectivity index (χ3v) is 3.74. The highest BCUT2D eigenvalue weighted by molar-refractivity contribution is 6.30. The van der Waals surface area contributed by atoms with Gasteiger partial charge in [-0.05, 0) is 49.4 Å². The van der Waals surface area contributed by atoms with Gasteiger partial charge in [-0.15, -0.1) is 0 Å². The van der Waals surface area contributed by atoms with Crippen molar-refractivity contribution in [3.05, 3.63) is 59.1 Å². The van der Waals surface area contributed by atoms with E-state index in [1.165, 1.54) is 23.4 Å². The Balaban J connectivity index is 2.41. The quantitative estimate of drug-likeness (QED) is 0.774. The van der Waals surface area contributed by atoms with Gasteiger partial charge in [-0.3, -0.25) is 0 Å². The molecule has 0 radical (unpaired) electrons. The van der Waals surface area contributed by atoms with Crippen molar-refractivity contribution in [2.75, 3.05) is 18.5 Å². The number of para-hydroxylation sites is 1. The summed E-state index contributed by atoms with van der Waals surface area (Å²) in [5.74, 6) is 0. The second-order valence-corrected chi connectivity index (χ2v) is 5.58. The molecule has 0 atom stereocenters.